The van der Waals surface area contributed by atoms with E-state index in [9.17, 15) is 14.7 Å². The summed E-state index contributed by atoms with van der Waals surface area (Å²) in [5.74, 6) is 0. The Hall–Kier alpha value is -2.96. The zero-order chi connectivity index (χ0) is 24.5. The summed E-state index contributed by atoms with van der Waals surface area (Å²) >= 11 is 4.17. The van der Waals surface area contributed by atoms with Gasteiger partial charge < -0.3 is 19.7 Å². The van der Waals surface area contributed by atoms with Gasteiger partial charge in [0.25, 0.3) is 0 Å². The fourth-order valence-corrected chi connectivity index (χ4v) is 6.49. The Labute approximate surface area is 208 Å². The largest absolute Gasteiger partial charge is 0.465 e. The second-order valence-electron chi connectivity index (χ2n) is 8.71. The number of hydrogen-bond donors (Lipinski definition) is 2. The summed E-state index contributed by atoms with van der Waals surface area (Å²) < 4.78 is 12.7. The Bertz CT molecular complexity index is 1270. The van der Waals surface area contributed by atoms with Gasteiger partial charge in [-0.3, -0.25) is 4.90 Å². The number of thiophene rings is 2. The molecule has 0 aromatic carbocycles. The molecule has 4 aromatic rings. The molecule has 0 saturated carbocycles. The predicted molar refractivity (Wildman–Crippen MR) is 136 cm³/mol. The maximum Gasteiger partial charge on any atom is 0.412 e. The number of hydrogen-bond acceptors (Lipinski definition) is 8. The second kappa shape index (κ2) is 9.72. The van der Waals surface area contributed by atoms with Crippen LogP contribution in [0.4, 0.5) is 14.6 Å². The lowest BCUT2D eigenvalue weighted by atomic mass is 10.2. The van der Waals surface area contributed by atoms with Gasteiger partial charge in [0.15, 0.2) is 0 Å². The van der Waals surface area contributed by atoms with Crippen molar-refractivity contribution in [3.8, 4) is 5.69 Å². The molecule has 0 unspecified atom stereocenters. The summed E-state index contributed by atoms with van der Waals surface area (Å²) in [5.41, 5.74) is 0.984. The molecule has 34 heavy (non-hydrogen) atoms. The fraction of sp³-hybridized carbons (Fsp3) is 0.364. The molecule has 180 valence electrons. The third-order valence-corrected chi connectivity index (χ3v) is 7.79. The topological polar surface area (TPSA) is 110 Å². The Morgan fingerprint density at radius 3 is 2.76 bits per heavy atom. The number of carbonyl (C=O) groups excluding carboxylic acids is 1. The zero-order valence-corrected chi connectivity index (χ0v) is 21.6. The van der Waals surface area contributed by atoms with E-state index < -0.39 is 17.8 Å². The lowest BCUT2D eigenvalue weighted by molar-refractivity contribution is 0.0508. The van der Waals surface area contributed by atoms with Gasteiger partial charge in [-0.25, -0.2) is 14.6 Å². The number of alkyl carbamates (subject to hydrolysis) is 1. The fourth-order valence-electron chi connectivity index (χ4n) is 3.41. The van der Waals surface area contributed by atoms with Crippen molar-refractivity contribution < 1.29 is 19.4 Å². The summed E-state index contributed by atoms with van der Waals surface area (Å²) in [7, 11) is 0. The number of amides is 2. The molecule has 2 amide bonds. The summed E-state index contributed by atoms with van der Waals surface area (Å²) in [6.07, 6.45) is 4.22. The van der Waals surface area contributed by atoms with E-state index in [4.69, 9.17) is 4.74 Å². The van der Waals surface area contributed by atoms with Crippen LogP contribution in [0.2, 0.25) is 0 Å². The van der Waals surface area contributed by atoms with Crippen LogP contribution in [0.1, 0.15) is 37.4 Å². The SMILES string of the molecule is C[C@@H](Cc1sc2c(N(Cc3cccs3)C(=O)O)snc2c1-n1ccnc1)NC(=O)OC(C)(C)C. The highest BCUT2D eigenvalue weighted by atomic mass is 32.1. The first-order valence-corrected chi connectivity index (χ1v) is 13.0. The minimum Gasteiger partial charge on any atom is -0.465 e. The molecule has 12 heteroatoms. The highest BCUT2D eigenvalue weighted by Gasteiger charge is 2.27. The number of carboxylic acid groups (broad SMARTS) is 1. The monoisotopic (exact) mass is 519 g/mol. The maximum atomic E-state index is 12.2. The number of aromatic nitrogens is 3. The van der Waals surface area contributed by atoms with Crippen LogP contribution in [0.3, 0.4) is 0 Å². The van der Waals surface area contributed by atoms with Crippen LogP contribution < -0.4 is 10.2 Å². The van der Waals surface area contributed by atoms with E-state index in [0.717, 1.165) is 25.7 Å². The molecule has 0 aliphatic carbocycles. The Balaban J connectivity index is 1.68. The van der Waals surface area contributed by atoms with E-state index in [-0.39, 0.29) is 12.6 Å². The van der Waals surface area contributed by atoms with E-state index >= 15 is 0 Å². The average molecular weight is 520 g/mol. The lowest BCUT2D eigenvalue weighted by Crippen LogP contribution is -2.38. The highest BCUT2D eigenvalue weighted by molar-refractivity contribution is 7.25. The first-order valence-electron chi connectivity index (χ1n) is 10.5. The Kier molecular flexibility index (Phi) is 6.91. The van der Waals surface area contributed by atoms with Gasteiger partial charge in [-0.05, 0) is 50.7 Å². The molecule has 0 bridgehead atoms. The molecule has 0 spiro atoms. The standard InChI is InChI=1S/C22H25N5O4S3/c1-13(24-20(28)31-22(2,3)4)10-15-17(26-8-7-23-12-26)16-18(33-15)19(34-25-16)27(21(29)30)11-14-6-5-9-32-14/h5-9,12-13H,10-11H2,1-4H3,(H,24,28)(H,29,30)/t13-/m0/s1. The molecule has 2 N–H and O–H groups in total. The molecule has 1 atom stereocenters. The third-order valence-electron chi connectivity index (χ3n) is 4.73. The molecule has 0 saturated heterocycles. The second-order valence-corrected chi connectivity index (χ2v) is 11.6. The van der Waals surface area contributed by atoms with Gasteiger partial charge >= 0.3 is 12.2 Å². The van der Waals surface area contributed by atoms with Crippen molar-refractivity contribution in [2.75, 3.05) is 4.90 Å². The summed E-state index contributed by atoms with van der Waals surface area (Å²) in [6, 6.07) is 3.61. The van der Waals surface area contributed by atoms with Crippen LogP contribution in [-0.2, 0) is 17.7 Å². The molecule has 9 nitrogen and oxygen atoms in total. The van der Waals surface area contributed by atoms with Gasteiger partial charge in [0.05, 0.1) is 23.3 Å². The van der Waals surface area contributed by atoms with Crippen molar-refractivity contribution in [1.29, 1.82) is 0 Å². The van der Waals surface area contributed by atoms with Crippen LogP contribution in [0, 0.1) is 0 Å². The third kappa shape index (κ3) is 5.40. The van der Waals surface area contributed by atoms with Crippen LogP contribution in [0.5, 0.6) is 0 Å². The number of nitrogens with one attached hydrogen (secondary N) is 1. The number of anilines is 1. The zero-order valence-electron chi connectivity index (χ0n) is 19.1. The highest BCUT2D eigenvalue weighted by Crippen LogP contribution is 2.43. The minimum absolute atomic E-state index is 0.214. The van der Waals surface area contributed by atoms with Crippen molar-refractivity contribution in [2.45, 2.75) is 52.3 Å². The first kappa shape index (κ1) is 24.2. The molecule has 4 aromatic heterocycles. The maximum absolute atomic E-state index is 12.2. The van der Waals surface area contributed by atoms with E-state index in [1.54, 1.807) is 12.5 Å². The average Bonchev–Trinajstić information content (AvgIpc) is 3.50. The quantitative estimate of drug-likeness (QED) is 0.322. The number of imidazole rings is 1. The van der Waals surface area contributed by atoms with E-state index in [0.29, 0.717) is 11.4 Å². The normalized spacial score (nSPS) is 12.6. The molecule has 4 rings (SSSR count). The number of ether oxygens (including phenoxy) is 1. The molecule has 4 heterocycles. The molecule has 0 aliphatic rings. The molecular formula is C22H25N5O4S3. The smallest absolute Gasteiger partial charge is 0.412 e. The Morgan fingerprint density at radius 2 is 2.15 bits per heavy atom. The van der Waals surface area contributed by atoms with Gasteiger partial charge in [-0.1, -0.05) is 6.07 Å². The van der Waals surface area contributed by atoms with Crippen molar-refractivity contribution in [2.24, 2.45) is 0 Å². The minimum atomic E-state index is -1.03. The van der Waals surface area contributed by atoms with Crippen molar-refractivity contribution in [3.63, 3.8) is 0 Å². The van der Waals surface area contributed by atoms with E-state index in [1.165, 1.54) is 39.1 Å². The van der Waals surface area contributed by atoms with E-state index in [1.807, 2.05) is 56.0 Å². The van der Waals surface area contributed by atoms with Crippen molar-refractivity contribution in [1.82, 2.24) is 19.2 Å². The van der Waals surface area contributed by atoms with Crippen LogP contribution in [-0.4, -0.2) is 42.9 Å². The van der Waals surface area contributed by atoms with Crippen molar-refractivity contribution >= 4 is 61.6 Å². The molecule has 0 fully saturated rings. The van der Waals surface area contributed by atoms with Crippen LogP contribution in [0.25, 0.3) is 15.9 Å². The van der Waals surface area contributed by atoms with Gasteiger partial charge in [0.1, 0.15) is 16.1 Å². The van der Waals surface area contributed by atoms with Gasteiger partial charge in [0.2, 0.25) is 0 Å². The predicted octanol–water partition coefficient (Wildman–Crippen LogP) is 5.75. The van der Waals surface area contributed by atoms with Crippen LogP contribution >= 0.6 is 34.2 Å². The molecule has 0 radical (unpaired) electrons. The number of fused-ring (bicyclic) bond motifs is 1. The van der Waals surface area contributed by atoms with E-state index in [2.05, 4.69) is 14.7 Å². The summed E-state index contributed by atoms with van der Waals surface area (Å²) in [6.45, 7) is 7.62. The Morgan fingerprint density at radius 1 is 1.35 bits per heavy atom. The molecule has 0 aliphatic heterocycles. The lowest BCUT2D eigenvalue weighted by Gasteiger charge is -2.22. The summed E-state index contributed by atoms with van der Waals surface area (Å²) in [5, 5.41) is 15.3. The summed E-state index contributed by atoms with van der Waals surface area (Å²) in [4.78, 5) is 31.8. The van der Waals surface area contributed by atoms with Gasteiger partial charge in [0, 0.05) is 34.6 Å². The first-order chi connectivity index (χ1) is 16.1. The van der Waals surface area contributed by atoms with Crippen LogP contribution in [0.15, 0.2) is 36.2 Å². The number of rotatable bonds is 7. The number of carbonyl (C=O) groups is 2. The number of nitrogens with zero attached hydrogens (tertiary/aromatic N) is 4. The van der Waals surface area contributed by atoms with Gasteiger partial charge in [-0.15, -0.1) is 22.7 Å². The van der Waals surface area contributed by atoms with Crippen molar-refractivity contribution in [3.05, 3.63) is 46.0 Å². The molecular weight excluding hydrogens is 494 g/mol. The van der Waals surface area contributed by atoms with Gasteiger partial charge in [-0.2, -0.15) is 4.37 Å².